The van der Waals surface area contributed by atoms with Crippen molar-refractivity contribution in [2.24, 2.45) is 22.0 Å². The lowest BCUT2D eigenvalue weighted by molar-refractivity contribution is -0.0980. The summed E-state index contributed by atoms with van der Waals surface area (Å²) in [5.41, 5.74) is 5.90. The Balaban J connectivity index is 0.00000176. The number of nitrogens with one attached hydrogen (secondary N) is 1. The number of hydrogen-bond donors (Lipinski definition) is 3. The van der Waals surface area contributed by atoms with Crippen molar-refractivity contribution in [1.29, 1.82) is 0 Å². The fraction of sp³-hybridized carbons (Fsp3) is 0.267. The first kappa shape index (κ1) is 21.7. The van der Waals surface area contributed by atoms with Gasteiger partial charge >= 0.3 is 6.09 Å². The van der Waals surface area contributed by atoms with Crippen molar-refractivity contribution in [2.75, 3.05) is 30.0 Å². The predicted molar refractivity (Wildman–Crippen MR) is 98.3 cm³/mol. The van der Waals surface area contributed by atoms with Crippen molar-refractivity contribution in [2.45, 2.75) is 6.10 Å². The number of hydrazine groups is 1. The molecule has 1 amide bonds. The van der Waals surface area contributed by atoms with E-state index in [1.54, 1.807) is 7.05 Å². The highest BCUT2D eigenvalue weighted by atomic mass is 19.1. The minimum absolute atomic E-state index is 0.00334. The van der Waals surface area contributed by atoms with E-state index in [1.807, 2.05) is 6.79 Å². The van der Waals surface area contributed by atoms with Crippen LogP contribution >= 0.6 is 0 Å². The van der Waals surface area contributed by atoms with Gasteiger partial charge in [0.05, 0.1) is 35.1 Å². The Labute approximate surface area is 154 Å². The van der Waals surface area contributed by atoms with Gasteiger partial charge in [0, 0.05) is 12.7 Å². The molecule has 1 unspecified atom stereocenters. The molecular weight excluding hydrogens is 361 g/mol. The number of rotatable bonds is 7. The van der Waals surface area contributed by atoms with Crippen LogP contribution in [0.1, 0.15) is 0 Å². The molecule has 0 bridgehead atoms. The lowest BCUT2D eigenvalue weighted by Gasteiger charge is -2.18. The number of nitroso groups, excluding NO2 is 1. The molecule has 0 aliphatic carbocycles. The van der Waals surface area contributed by atoms with E-state index in [9.17, 15) is 14.1 Å². The number of allylic oxidation sites excluding steroid dienone is 1. The summed E-state index contributed by atoms with van der Waals surface area (Å²) in [6, 6.07) is 4.10. The lowest BCUT2D eigenvalue weighted by Crippen LogP contribution is -2.29. The zero-order chi connectivity index (χ0) is 20.4. The third-order valence-corrected chi connectivity index (χ3v) is 3.37. The Hall–Kier alpha value is -3.38. The van der Waals surface area contributed by atoms with E-state index in [-0.39, 0.29) is 17.5 Å². The van der Waals surface area contributed by atoms with Gasteiger partial charge in [0.2, 0.25) is 0 Å². The average Bonchev–Trinajstić information content (AvgIpc) is 3.02. The van der Waals surface area contributed by atoms with Crippen LogP contribution in [0.4, 0.5) is 20.6 Å². The fourth-order valence-corrected chi connectivity index (χ4v) is 2.29. The van der Waals surface area contributed by atoms with E-state index in [1.165, 1.54) is 29.3 Å². The van der Waals surface area contributed by atoms with Crippen LogP contribution in [0, 0.1) is 10.7 Å². The van der Waals surface area contributed by atoms with Crippen LogP contribution in [0.3, 0.4) is 0 Å². The number of nitrogens with zero attached hydrogens (tertiary/aromatic N) is 4. The third-order valence-electron chi connectivity index (χ3n) is 3.37. The number of hydrogen-bond acceptors (Lipinski definition) is 9. The highest BCUT2D eigenvalue weighted by Gasteiger charge is 2.32. The molecule has 11 nitrogen and oxygen atoms in total. The van der Waals surface area contributed by atoms with Crippen molar-refractivity contribution in [3.63, 3.8) is 0 Å². The SMILES string of the molecule is C=O.CNCC1CN(c2ccc(N(N)/C=C(N)/C=N/N=O)c(F)c2)C(=O)O1. The van der Waals surface area contributed by atoms with Gasteiger partial charge < -0.3 is 20.6 Å². The molecule has 0 aromatic heterocycles. The van der Waals surface area contributed by atoms with Gasteiger partial charge in [-0.2, -0.15) is 0 Å². The summed E-state index contributed by atoms with van der Waals surface area (Å²) < 4.78 is 19.5. The number of cyclic esters (lactones) is 1. The van der Waals surface area contributed by atoms with Crippen LogP contribution in [0.5, 0.6) is 0 Å². The smallest absolute Gasteiger partial charge is 0.414 e. The van der Waals surface area contributed by atoms with Gasteiger partial charge in [0.15, 0.2) is 0 Å². The minimum atomic E-state index is -0.667. The van der Waals surface area contributed by atoms with Crippen molar-refractivity contribution in [1.82, 2.24) is 5.32 Å². The maximum absolute atomic E-state index is 14.3. The molecule has 0 radical (unpaired) electrons. The van der Waals surface area contributed by atoms with Crippen molar-refractivity contribution in [3.8, 4) is 0 Å². The monoisotopic (exact) mass is 381 g/mol. The molecule has 2 rings (SSSR count). The van der Waals surface area contributed by atoms with E-state index < -0.39 is 11.9 Å². The molecule has 1 aromatic carbocycles. The summed E-state index contributed by atoms with van der Waals surface area (Å²) in [5, 5.41) is 9.16. The van der Waals surface area contributed by atoms with Crippen LogP contribution in [-0.2, 0) is 9.53 Å². The number of nitrogens with two attached hydrogens (primary N) is 2. The van der Waals surface area contributed by atoms with Crippen LogP contribution in [0.15, 0.2) is 40.5 Å². The second kappa shape index (κ2) is 10.6. The van der Waals surface area contributed by atoms with E-state index in [0.717, 1.165) is 11.2 Å². The Kier molecular flexibility index (Phi) is 8.48. The normalized spacial score (nSPS) is 16.7. The van der Waals surface area contributed by atoms with Crippen LogP contribution in [-0.4, -0.2) is 45.3 Å². The molecule has 0 saturated carbocycles. The van der Waals surface area contributed by atoms with Gasteiger partial charge in [0.1, 0.15) is 18.7 Å². The summed E-state index contributed by atoms with van der Waals surface area (Å²) in [7, 11) is 1.75. The van der Waals surface area contributed by atoms with Gasteiger partial charge in [-0.05, 0) is 25.2 Å². The van der Waals surface area contributed by atoms with Crippen LogP contribution < -0.4 is 26.8 Å². The number of benzene rings is 1. The zero-order valence-electron chi connectivity index (χ0n) is 14.5. The second-order valence-electron chi connectivity index (χ2n) is 5.17. The van der Waals surface area contributed by atoms with Crippen molar-refractivity contribution in [3.05, 3.63) is 40.8 Å². The van der Waals surface area contributed by atoms with Gasteiger partial charge in [-0.1, -0.05) is 0 Å². The Morgan fingerprint density at radius 1 is 1.56 bits per heavy atom. The summed E-state index contributed by atoms with van der Waals surface area (Å²) in [5.74, 6) is 5.05. The maximum Gasteiger partial charge on any atom is 0.414 e. The lowest BCUT2D eigenvalue weighted by atomic mass is 10.2. The summed E-state index contributed by atoms with van der Waals surface area (Å²) in [6.45, 7) is 2.81. The molecule has 146 valence electrons. The molecule has 5 N–H and O–H groups in total. The maximum atomic E-state index is 14.3. The third kappa shape index (κ3) is 5.83. The molecule has 1 aliphatic heterocycles. The highest BCUT2D eigenvalue weighted by Crippen LogP contribution is 2.27. The number of carbonyl (C=O) groups is 2. The Bertz CT molecular complexity index is 728. The quantitative estimate of drug-likeness (QED) is 0.265. The number of likely N-dealkylation sites (N-methyl/N-ethyl adjacent to an activating group) is 1. The van der Waals surface area contributed by atoms with Crippen LogP contribution in [0.2, 0.25) is 0 Å². The number of amides is 1. The molecule has 1 heterocycles. The average molecular weight is 381 g/mol. The summed E-state index contributed by atoms with van der Waals surface area (Å²) in [6.07, 6.45) is 1.29. The molecule has 12 heteroatoms. The van der Waals surface area contributed by atoms with Gasteiger partial charge in [-0.25, -0.2) is 15.0 Å². The molecule has 27 heavy (non-hydrogen) atoms. The first-order valence-corrected chi connectivity index (χ1v) is 7.54. The zero-order valence-corrected chi connectivity index (χ0v) is 14.5. The number of ether oxygens (including phenoxy) is 1. The molecule has 1 saturated heterocycles. The minimum Gasteiger partial charge on any atom is -0.443 e. The summed E-state index contributed by atoms with van der Waals surface area (Å²) in [4.78, 5) is 31.1. The number of halogens is 1. The molecule has 1 fully saturated rings. The van der Waals surface area contributed by atoms with Gasteiger partial charge in [-0.15, -0.1) is 10.0 Å². The molecular formula is C15H20FN7O4. The fourth-order valence-electron chi connectivity index (χ4n) is 2.29. The Morgan fingerprint density at radius 2 is 2.26 bits per heavy atom. The standard InChI is InChI=1S/C14H18FN7O3.CH2O/c1-18-6-11-8-21(14(23)25-11)10-2-3-13(12(15)4-10)22(17)7-9(16)5-19-20-24;1-2/h2-5,7,11,18H,6,8,16-17H2,1H3;1H2/b9-7-,19-5+;. The highest BCUT2D eigenvalue weighted by molar-refractivity contribution is 5.90. The van der Waals surface area contributed by atoms with Gasteiger partial charge in [-0.3, -0.25) is 9.91 Å². The second-order valence-corrected chi connectivity index (χ2v) is 5.17. The number of carbonyl (C=O) groups excluding carboxylic acids is 2. The topological polar surface area (TPSA) is 156 Å². The molecule has 1 aliphatic rings. The van der Waals surface area contributed by atoms with E-state index >= 15 is 0 Å². The van der Waals surface area contributed by atoms with E-state index in [2.05, 4.69) is 15.7 Å². The van der Waals surface area contributed by atoms with Crippen LogP contribution in [0.25, 0.3) is 0 Å². The first-order valence-electron chi connectivity index (χ1n) is 7.54. The van der Waals surface area contributed by atoms with Gasteiger partial charge in [0.25, 0.3) is 0 Å². The molecule has 1 aromatic rings. The predicted octanol–water partition coefficient (Wildman–Crippen LogP) is 0.418. The van der Waals surface area contributed by atoms with Crippen molar-refractivity contribution >= 4 is 30.5 Å². The number of anilines is 2. The van der Waals surface area contributed by atoms with E-state index in [0.29, 0.717) is 18.8 Å². The summed E-state index contributed by atoms with van der Waals surface area (Å²) >= 11 is 0. The van der Waals surface area contributed by atoms with E-state index in [4.69, 9.17) is 21.1 Å². The van der Waals surface area contributed by atoms with Crippen molar-refractivity contribution < 1.29 is 18.7 Å². The molecule has 0 spiro atoms. The molecule has 1 atom stereocenters. The Morgan fingerprint density at radius 3 is 2.85 bits per heavy atom. The largest absolute Gasteiger partial charge is 0.443 e. The first-order chi connectivity index (χ1) is 13.0.